The van der Waals surface area contributed by atoms with Crippen molar-refractivity contribution in [2.75, 3.05) is 6.61 Å². The van der Waals surface area contributed by atoms with Crippen molar-refractivity contribution in [3.05, 3.63) is 35.4 Å². The van der Waals surface area contributed by atoms with Crippen molar-refractivity contribution < 1.29 is 9.53 Å². The minimum Gasteiger partial charge on any atom is -0.446 e. The van der Waals surface area contributed by atoms with E-state index >= 15 is 0 Å². The highest BCUT2D eigenvalue weighted by Gasteiger charge is 2.36. The van der Waals surface area contributed by atoms with Crippen molar-refractivity contribution in [3.63, 3.8) is 0 Å². The second-order valence-electron chi connectivity index (χ2n) is 4.53. The average Bonchev–Trinajstić information content (AvgIpc) is 2.71. The SMILES string of the molecule is Cc1cccc(C2=NN3C(=O)OCC3CC2)c1. The molecule has 2 aliphatic heterocycles. The lowest BCUT2D eigenvalue weighted by atomic mass is 10.00. The second kappa shape index (κ2) is 3.87. The molecule has 4 nitrogen and oxygen atoms in total. The Labute approximate surface area is 99.9 Å². The second-order valence-corrected chi connectivity index (χ2v) is 4.53. The molecular formula is C13H14N2O2. The number of cyclic esters (lactones) is 1. The fourth-order valence-electron chi connectivity index (χ4n) is 2.29. The van der Waals surface area contributed by atoms with E-state index in [0.29, 0.717) is 6.61 Å². The van der Waals surface area contributed by atoms with Gasteiger partial charge in [0.05, 0.1) is 11.8 Å². The summed E-state index contributed by atoms with van der Waals surface area (Å²) in [4.78, 5) is 11.4. The van der Waals surface area contributed by atoms with Crippen LogP contribution >= 0.6 is 0 Å². The van der Waals surface area contributed by atoms with Crippen molar-refractivity contribution in [3.8, 4) is 0 Å². The quantitative estimate of drug-likeness (QED) is 0.743. The van der Waals surface area contributed by atoms with E-state index in [9.17, 15) is 4.79 Å². The first-order valence-electron chi connectivity index (χ1n) is 5.84. The van der Waals surface area contributed by atoms with Gasteiger partial charge in [0.25, 0.3) is 0 Å². The van der Waals surface area contributed by atoms with Gasteiger partial charge in [0.15, 0.2) is 0 Å². The molecule has 4 heteroatoms. The third-order valence-corrected chi connectivity index (χ3v) is 3.23. The van der Waals surface area contributed by atoms with Crippen molar-refractivity contribution in [2.24, 2.45) is 5.10 Å². The first-order valence-corrected chi connectivity index (χ1v) is 5.84. The number of carbonyl (C=O) groups is 1. The number of rotatable bonds is 1. The maximum absolute atomic E-state index is 11.4. The van der Waals surface area contributed by atoms with Gasteiger partial charge in [-0.15, -0.1) is 0 Å². The molecule has 1 atom stereocenters. The molecular weight excluding hydrogens is 216 g/mol. The zero-order chi connectivity index (χ0) is 11.8. The molecule has 0 radical (unpaired) electrons. The zero-order valence-corrected chi connectivity index (χ0v) is 9.72. The summed E-state index contributed by atoms with van der Waals surface area (Å²) in [6.45, 7) is 2.53. The predicted molar refractivity (Wildman–Crippen MR) is 63.9 cm³/mol. The molecule has 0 saturated carbocycles. The molecule has 1 saturated heterocycles. The van der Waals surface area contributed by atoms with E-state index < -0.39 is 0 Å². The first kappa shape index (κ1) is 10.3. The Kier molecular flexibility index (Phi) is 2.35. The van der Waals surface area contributed by atoms with Crippen LogP contribution in [0.5, 0.6) is 0 Å². The van der Waals surface area contributed by atoms with Crippen LogP contribution in [-0.2, 0) is 4.74 Å². The van der Waals surface area contributed by atoms with Crippen LogP contribution in [-0.4, -0.2) is 29.5 Å². The molecule has 1 unspecified atom stereocenters. The van der Waals surface area contributed by atoms with Gasteiger partial charge in [0, 0.05) is 0 Å². The highest BCUT2D eigenvalue weighted by molar-refractivity contribution is 6.01. The number of aryl methyl sites for hydroxylation is 1. The van der Waals surface area contributed by atoms with E-state index in [4.69, 9.17) is 4.74 Å². The third kappa shape index (κ3) is 1.79. The highest BCUT2D eigenvalue weighted by Crippen LogP contribution is 2.24. The predicted octanol–water partition coefficient (Wildman–Crippen LogP) is 2.31. The maximum atomic E-state index is 11.4. The Balaban J connectivity index is 1.94. The highest BCUT2D eigenvalue weighted by atomic mass is 16.6. The average molecular weight is 230 g/mol. The lowest BCUT2D eigenvalue weighted by Gasteiger charge is -2.23. The number of fused-ring (bicyclic) bond motifs is 1. The Morgan fingerprint density at radius 2 is 2.35 bits per heavy atom. The van der Waals surface area contributed by atoms with Gasteiger partial charge in [-0.25, -0.2) is 4.79 Å². The largest absolute Gasteiger partial charge is 0.446 e. The van der Waals surface area contributed by atoms with Crippen LogP contribution in [0.1, 0.15) is 24.0 Å². The lowest BCUT2D eigenvalue weighted by Crippen LogP contribution is -2.34. The summed E-state index contributed by atoms with van der Waals surface area (Å²) in [5.41, 5.74) is 3.28. The number of nitrogens with zero attached hydrogens (tertiary/aromatic N) is 2. The zero-order valence-electron chi connectivity index (χ0n) is 9.72. The topological polar surface area (TPSA) is 41.9 Å². The number of hydrazone groups is 1. The number of hydrogen-bond donors (Lipinski definition) is 0. The van der Waals surface area contributed by atoms with Gasteiger partial charge in [-0.05, 0) is 25.3 Å². The summed E-state index contributed by atoms with van der Waals surface area (Å²) >= 11 is 0. The molecule has 2 heterocycles. The number of carbonyl (C=O) groups excluding carboxylic acids is 1. The van der Waals surface area contributed by atoms with Crippen molar-refractivity contribution >= 4 is 11.8 Å². The Bertz CT molecular complexity index is 496. The van der Waals surface area contributed by atoms with Crippen molar-refractivity contribution in [1.29, 1.82) is 0 Å². The Hall–Kier alpha value is -1.84. The molecule has 17 heavy (non-hydrogen) atoms. The number of amides is 1. The van der Waals surface area contributed by atoms with E-state index in [1.54, 1.807) is 0 Å². The van der Waals surface area contributed by atoms with Crippen LogP contribution in [0.3, 0.4) is 0 Å². The molecule has 1 aromatic carbocycles. The van der Waals surface area contributed by atoms with Crippen LogP contribution in [0.4, 0.5) is 4.79 Å². The van der Waals surface area contributed by atoms with Crippen LogP contribution in [0.15, 0.2) is 29.4 Å². The van der Waals surface area contributed by atoms with Gasteiger partial charge >= 0.3 is 6.09 Å². The fraction of sp³-hybridized carbons (Fsp3) is 0.385. The minimum absolute atomic E-state index is 0.135. The number of hydrogen-bond acceptors (Lipinski definition) is 3. The van der Waals surface area contributed by atoms with E-state index in [-0.39, 0.29) is 12.1 Å². The number of benzene rings is 1. The molecule has 2 aliphatic rings. The normalized spacial score (nSPS) is 23.1. The van der Waals surface area contributed by atoms with Crippen molar-refractivity contribution in [1.82, 2.24) is 5.01 Å². The molecule has 1 fully saturated rings. The molecule has 3 rings (SSSR count). The van der Waals surface area contributed by atoms with Gasteiger partial charge in [0.2, 0.25) is 0 Å². The fourth-order valence-corrected chi connectivity index (χ4v) is 2.29. The van der Waals surface area contributed by atoms with Gasteiger partial charge < -0.3 is 4.74 Å². The molecule has 0 bridgehead atoms. The van der Waals surface area contributed by atoms with Gasteiger partial charge in [-0.3, -0.25) is 0 Å². The van der Waals surface area contributed by atoms with Gasteiger partial charge in [-0.2, -0.15) is 10.1 Å². The standard InChI is InChI=1S/C13H14N2O2/c1-9-3-2-4-10(7-9)12-6-5-11-8-17-13(16)15(11)14-12/h2-4,7,11H,5-6,8H2,1H3. The minimum atomic E-state index is -0.320. The third-order valence-electron chi connectivity index (χ3n) is 3.23. The van der Waals surface area contributed by atoms with Gasteiger partial charge in [-0.1, -0.05) is 29.8 Å². The molecule has 1 aromatic rings. The summed E-state index contributed by atoms with van der Waals surface area (Å²) in [6.07, 6.45) is 1.51. The smallest absolute Gasteiger partial charge is 0.430 e. The van der Waals surface area contributed by atoms with E-state index in [1.807, 2.05) is 12.1 Å². The Morgan fingerprint density at radius 1 is 1.47 bits per heavy atom. The van der Waals surface area contributed by atoms with Crippen LogP contribution in [0.2, 0.25) is 0 Å². The van der Waals surface area contributed by atoms with Crippen LogP contribution in [0.25, 0.3) is 0 Å². The summed E-state index contributed by atoms with van der Waals surface area (Å²) in [5, 5.41) is 5.90. The molecule has 88 valence electrons. The van der Waals surface area contributed by atoms with Crippen molar-refractivity contribution in [2.45, 2.75) is 25.8 Å². The Morgan fingerprint density at radius 3 is 3.18 bits per heavy atom. The lowest BCUT2D eigenvalue weighted by molar-refractivity contribution is 0.158. The number of ether oxygens (including phenoxy) is 1. The molecule has 0 aliphatic carbocycles. The first-order chi connectivity index (χ1) is 8.24. The van der Waals surface area contributed by atoms with Crippen LogP contribution in [0, 0.1) is 6.92 Å². The summed E-state index contributed by atoms with van der Waals surface area (Å²) in [5.74, 6) is 0. The molecule has 0 aromatic heterocycles. The molecule has 0 spiro atoms. The maximum Gasteiger partial charge on any atom is 0.430 e. The van der Waals surface area contributed by atoms with Crippen LogP contribution < -0.4 is 0 Å². The summed E-state index contributed by atoms with van der Waals surface area (Å²) in [6, 6.07) is 8.34. The monoisotopic (exact) mass is 230 g/mol. The summed E-state index contributed by atoms with van der Waals surface area (Å²) < 4.78 is 4.99. The molecule has 1 amide bonds. The van der Waals surface area contributed by atoms with E-state index in [0.717, 1.165) is 24.1 Å². The van der Waals surface area contributed by atoms with E-state index in [2.05, 4.69) is 24.2 Å². The van der Waals surface area contributed by atoms with Gasteiger partial charge in [0.1, 0.15) is 6.61 Å². The summed E-state index contributed by atoms with van der Waals surface area (Å²) in [7, 11) is 0. The van der Waals surface area contributed by atoms with E-state index in [1.165, 1.54) is 10.6 Å². The molecule has 0 N–H and O–H groups in total.